The molecule has 0 unspecified atom stereocenters. The number of nitrogens with one attached hydrogen (secondary N) is 1. The van der Waals surface area contributed by atoms with Gasteiger partial charge in [-0.15, -0.1) is 11.3 Å². The summed E-state index contributed by atoms with van der Waals surface area (Å²) < 4.78 is 2.19. The van der Waals surface area contributed by atoms with E-state index in [1.54, 1.807) is 11.3 Å². The summed E-state index contributed by atoms with van der Waals surface area (Å²) in [5, 5.41) is 4.43. The third-order valence-electron chi connectivity index (χ3n) is 3.39. The lowest BCUT2D eigenvalue weighted by atomic mass is 10.2. The van der Waals surface area contributed by atoms with Crippen LogP contribution in [0.5, 0.6) is 0 Å². The van der Waals surface area contributed by atoms with Crippen LogP contribution in [0.2, 0.25) is 0 Å². The fourth-order valence-corrected chi connectivity index (χ4v) is 3.17. The van der Waals surface area contributed by atoms with Gasteiger partial charge in [-0.25, -0.2) is 15.4 Å². The van der Waals surface area contributed by atoms with E-state index in [2.05, 4.69) is 38.3 Å². The second-order valence-corrected chi connectivity index (χ2v) is 5.46. The molecule has 1 saturated heterocycles. The van der Waals surface area contributed by atoms with Crippen molar-refractivity contribution in [3.63, 3.8) is 0 Å². The molecule has 0 bridgehead atoms. The zero-order chi connectivity index (χ0) is 11.7. The highest BCUT2D eigenvalue weighted by Crippen LogP contribution is 2.17. The predicted octanol–water partition coefficient (Wildman–Crippen LogP) is 2.19. The molecule has 2 aromatic heterocycles. The smallest absolute Gasteiger partial charge is 0.194 e. The molecule has 1 fully saturated rings. The first kappa shape index (κ1) is 11.2. The van der Waals surface area contributed by atoms with Gasteiger partial charge in [-0.05, 0) is 19.8 Å². The maximum absolute atomic E-state index is 4.56. The monoisotopic (exact) mass is 250 g/mol. The zero-order valence-corrected chi connectivity index (χ0v) is 11.0. The molecule has 17 heavy (non-hydrogen) atoms. The lowest BCUT2D eigenvalue weighted by molar-refractivity contribution is 0.150. The Morgan fingerprint density at radius 1 is 1.35 bits per heavy atom. The summed E-state index contributed by atoms with van der Waals surface area (Å²) in [5.74, 6) is 0. The maximum Gasteiger partial charge on any atom is 0.194 e. The van der Waals surface area contributed by atoms with Crippen molar-refractivity contribution in [1.82, 2.24) is 19.8 Å². The number of fused-ring (bicyclic) bond motifs is 1. The summed E-state index contributed by atoms with van der Waals surface area (Å²) >= 11 is 1.69. The minimum Gasteiger partial charge on any atom is -0.293 e. The molecule has 92 valence electrons. The maximum atomic E-state index is 4.56. The lowest BCUT2D eigenvalue weighted by Gasteiger charge is -2.27. The molecular weight excluding hydrogens is 232 g/mol. The molecule has 1 aliphatic rings. The summed E-state index contributed by atoms with van der Waals surface area (Å²) in [6, 6.07) is 0. The molecule has 3 heterocycles. The molecule has 0 spiro atoms. The van der Waals surface area contributed by atoms with Crippen LogP contribution in [0.4, 0.5) is 0 Å². The number of nitrogens with zero attached hydrogens (tertiary/aromatic N) is 3. The van der Waals surface area contributed by atoms with E-state index in [1.165, 1.54) is 38.0 Å². The van der Waals surface area contributed by atoms with Crippen LogP contribution in [0.3, 0.4) is 0 Å². The quantitative estimate of drug-likeness (QED) is 0.906. The van der Waals surface area contributed by atoms with Gasteiger partial charge < -0.3 is 0 Å². The molecule has 3 rings (SSSR count). The number of hydrazine groups is 1. The van der Waals surface area contributed by atoms with E-state index in [-0.39, 0.29) is 0 Å². The zero-order valence-electron chi connectivity index (χ0n) is 10.1. The minimum atomic E-state index is 0.879. The first-order valence-electron chi connectivity index (χ1n) is 6.24. The molecule has 5 heteroatoms. The highest BCUT2D eigenvalue weighted by molar-refractivity contribution is 7.15. The molecule has 2 aromatic rings. The van der Waals surface area contributed by atoms with Crippen LogP contribution in [0, 0.1) is 6.92 Å². The van der Waals surface area contributed by atoms with E-state index in [0.717, 1.165) is 17.2 Å². The number of thiazole rings is 1. The number of aromatic nitrogens is 2. The molecule has 4 nitrogen and oxygen atoms in total. The van der Waals surface area contributed by atoms with Gasteiger partial charge in [-0.2, -0.15) is 0 Å². The first-order chi connectivity index (χ1) is 8.34. The van der Waals surface area contributed by atoms with E-state index < -0.39 is 0 Å². The van der Waals surface area contributed by atoms with Crippen LogP contribution >= 0.6 is 11.3 Å². The molecule has 0 saturated carbocycles. The van der Waals surface area contributed by atoms with Crippen LogP contribution in [0.25, 0.3) is 4.96 Å². The van der Waals surface area contributed by atoms with Crippen molar-refractivity contribution >= 4 is 16.3 Å². The molecule has 1 aliphatic heterocycles. The number of rotatable bonds is 3. The van der Waals surface area contributed by atoms with Crippen LogP contribution in [-0.2, 0) is 6.54 Å². The van der Waals surface area contributed by atoms with Crippen LogP contribution in [0.1, 0.15) is 30.7 Å². The normalized spacial score (nSPS) is 17.9. The Labute approximate surface area is 105 Å². The summed E-state index contributed by atoms with van der Waals surface area (Å²) in [6.07, 6.45) is 6.10. The van der Waals surface area contributed by atoms with Gasteiger partial charge in [0, 0.05) is 24.7 Å². The SMILES string of the molecule is Cc1nc2sccn2c1CNN1CCCCC1. The summed E-state index contributed by atoms with van der Waals surface area (Å²) in [5.41, 5.74) is 5.95. The van der Waals surface area contributed by atoms with Gasteiger partial charge >= 0.3 is 0 Å². The Morgan fingerprint density at radius 2 is 2.18 bits per heavy atom. The average molecular weight is 250 g/mol. The average Bonchev–Trinajstić information content (AvgIpc) is 2.89. The molecule has 1 N–H and O–H groups in total. The standard InChI is InChI=1S/C12H18N4S/c1-10-11(16-7-8-17-12(16)14-10)9-13-15-5-3-2-4-6-15/h7-8,13H,2-6,9H2,1H3. The van der Waals surface area contributed by atoms with Crippen LogP contribution < -0.4 is 5.43 Å². The fourth-order valence-electron chi connectivity index (χ4n) is 2.39. The highest BCUT2D eigenvalue weighted by atomic mass is 32.1. The topological polar surface area (TPSA) is 32.6 Å². The van der Waals surface area contributed by atoms with Gasteiger partial charge in [0.25, 0.3) is 0 Å². The van der Waals surface area contributed by atoms with E-state index in [0.29, 0.717) is 0 Å². The van der Waals surface area contributed by atoms with Gasteiger partial charge in [0.1, 0.15) is 0 Å². The number of imidazole rings is 1. The van der Waals surface area contributed by atoms with Crippen molar-refractivity contribution in [3.8, 4) is 0 Å². The minimum absolute atomic E-state index is 0.879. The first-order valence-corrected chi connectivity index (χ1v) is 7.12. The Hall–Kier alpha value is -0.910. The van der Waals surface area contributed by atoms with Gasteiger partial charge in [-0.3, -0.25) is 4.40 Å². The largest absolute Gasteiger partial charge is 0.293 e. The Bertz CT molecular complexity index is 496. The third kappa shape index (κ3) is 2.22. The third-order valence-corrected chi connectivity index (χ3v) is 4.14. The Morgan fingerprint density at radius 3 is 3.00 bits per heavy atom. The predicted molar refractivity (Wildman–Crippen MR) is 70.1 cm³/mol. The van der Waals surface area contributed by atoms with Gasteiger partial charge in [0.2, 0.25) is 0 Å². The van der Waals surface area contributed by atoms with Crippen LogP contribution in [-0.4, -0.2) is 27.5 Å². The summed E-state index contributed by atoms with van der Waals surface area (Å²) in [7, 11) is 0. The van der Waals surface area contributed by atoms with Gasteiger partial charge in [0.15, 0.2) is 4.96 Å². The number of aryl methyl sites for hydroxylation is 1. The second-order valence-electron chi connectivity index (χ2n) is 4.58. The summed E-state index contributed by atoms with van der Waals surface area (Å²) in [6.45, 7) is 5.31. The van der Waals surface area contributed by atoms with Crippen molar-refractivity contribution in [2.45, 2.75) is 32.7 Å². The van der Waals surface area contributed by atoms with Crippen molar-refractivity contribution in [1.29, 1.82) is 0 Å². The molecule has 0 amide bonds. The molecular formula is C12H18N4S. The van der Waals surface area contributed by atoms with Crippen molar-refractivity contribution < 1.29 is 0 Å². The number of hydrogen-bond acceptors (Lipinski definition) is 4. The fraction of sp³-hybridized carbons (Fsp3) is 0.583. The van der Waals surface area contributed by atoms with Gasteiger partial charge in [0.05, 0.1) is 17.9 Å². The van der Waals surface area contributed by atoms with E-state index >= 15 is 0 Å². The number of piperidine rings is 1. The molecule has 0 aliphatic carbocycles. The molecule has 0 aromatic carbocycles. The second kappa shape index (κ2) is 4.76. The Balaban J connectivity index is 1.71. The molecule has 0 radical (unpaired) electrons. The summed E-state index contributed by atoms with van der Waals surface area (Å²) in [4.78, 5) is 5.66. The number of hydrogen-bond donors (Lipinski definition) is 1. The van der Waals surface area contributed by atoms with Crippen molar-refractivity contribution in [2.75, 3.05) is 13.1 Å². The van der Waals surface area contributed by atoms with Crippen molar-refractivity contribution in [2.24, 2.45) is 0 Å². The molecule has 0 atom stereocenters. The van der Waals surface area contributed by atoms with Crippen molar-refractivity contribution in [3.05, 3.63) is 23.0 Å². The van der Waals surface area contributed by atoms with Crippen LogP contribution in [0.15, 0.2) is 11.6 Å². The van der Waals surface area contributed by atoms with E-state index in [9.17, 15) is 0 Å². The highest BCUT2D eigenvalue weighted by Gasteiger charge is 2.13. The Kier molecular flexibility index (Phi) is 3.13. The van der Waals surface area contributed by atoms with E-state index in [1.807, 2.05) is 0 Å². The lowest BCUT2D eigenvalue weighted by Crippen LogP contribution is -2.41. The van der Waals surface area contributed by atoms with E-state index in [4.69, 9.17) is 0 Å². The van der Waals surface area contributed by atoms with Gasteiger partial charge in [-0.1, -0.05) is 6.42 Å².